The number of pyridine rings is 1. The highest BCUT2D eigenvalue weighted by Gasteiger charge is 2.30. The molecule has 1 aliphatic heterocycles. The van der Waals surface area contributed by atoms with E-state index >= 15 is 0 Å². The molecule has 3 aromatic rings. The minimum atomic E-state index is -0.178. The van der Waals surface area contributed by atoms with Gasteiger partial charge in [0.25, 0.3) is 5.91 Å². The first-order valence-electron chi connectivity index (χ1n) is 7.55. The van der Waals surface area contributed by atoms with Crippen LogP contribution in [0.4, 0.5) is 5.69 Å². The summed E-state index contributed by atoms with van der Waals surface area (Å²) in [5, 5.41) is 0.932. The molecular formula is C18H16N2O3. The highest BCUT2D eigenvalue weighted by Crippen LogP contribution is 2.32. The number of nitrogens with zero attached hydrogens (tertiary/aromatic N) is 2. The van der Waals surface area contributed by atoms with E-state index in [4.69, 9.17) is 9.15 Å². The van der Waals surface area contributed by atoms with Gasteiger partial charge in [0, 0.05) is 11.6 Å². The maximum atomic E-state index is 12.9. The number of amides is 1. The van der Waals surface area contributed by atoms with Crippen LogP contribution < -0.4 is 9.64 Å². The van der Waals surface area contributed by atoms with Gasteiger partial charge in [0.2, 0.25) is 5.88 Å². The van der Waals surface area contributed by atoms with Crippen molar-refractivity contribution in [2.75, 3.05) is 11.4 Å². The molecule has 4 rings (SSSR count). The lowest BCUT2D eigenvalue weighted by Gasteiger charge is -2.31. The average Bonchev–Trinajstić information content (AvgIpc) is 2.96. The van der Waals surface area contributed by atoms with Crippen molar-refractivity contribution >= 4 is 22.6 Å². The van der Waals surface area contributed by atoms with Gasteiger partial charge in [0.15, 0.2) is 5.76 Å². The molecule has 0 saturated heterocycles. The summed E-state index contributed by atoms with van der Waals surface area (Å²) < 4.78 is 11.4. The Balaban J connectivity index is 1.76. The summed E-state index contributed by atoms with van der Waals surface area (Å²) in [6, 6.07) is 11.3. The lowest BCUT2D eigenvalue weighted by atomic mass is 10.2. The summed E-state index contributed by atoms with van der Waals surface area (Å²) >= 11 is 0. The van der Waals surface area contributed by atoms with E-state index in [1.54, 1.807) is 23.2 Å². The lowest BCUT2D eigenvalue weighted by molar-refractivity contribution is 0.0934. The van der Waals surface area contributed by atoms with Crippen LogP contribution in [0, 0.1) is 6.92 Å². The molecule has 0 saturated carbocycles. The predicted molar refractivity (Wildman–Crippen MR) is 87.0 cm³/mol. The molecule has 5 heteroatoms. The third-order valence-electron chi connectivity index (χ3n) is 3.92. The molecule has 0 N–H and O–H groups in total. The van der Waals surface area contributed by atoms with E-state index in [9.17, 15) is 4.79 Å². The maximum absolute atomic E-state index is 12.9. The van der Waals surface area contributed by atoms with Gasteiger partial charge in [0.1, 0.15) is 17.4 Å². The van der Waals surface area contributed by atoms with Crippen LogP contribution in [0.3, 0.4) is 0 Å². The third kappa shape index (κ3) is 2.34. The minimum Gasteiger partial charge on any atom is -0.471 e. The van der Waals surface area contributed by atoms with Gasteiger partial charge in [-0.25, -0.2) is 4.98 Å². The Morgan fingerprint density at radius 2 is 2.17 bits per heavy atom. The first kappa shape index (κ1) is 13.8. The normalized spacial score (nSPS) is 17.0. The molecule has 1 amide bonds. The van der Waals surface area contributed by atoms with E-state index in [1.165, 1.54) is 0 Å². The van der Waals surface area contributed by atoms with E-state index < -0.39 is 0 Å². The molecule has 116 valence electrons. The third-order valence-corrected chi connectivity index (χ3v) is 3.92. The van der Waals surface area contributed by atoms with E-state index in [0.717, 1.165) is 10.9 Å². The number of rotatable bonds is 1. The zero-order valence-electron chi connectivity index (χ0n) is 12.9. The first-order valence-corrected chi connectivity index (χ1v) is 7.55. The second-order valence-electron chi connectivity index (χ2n) is 5.82. The largest absolute Gasteiger partial charge is 0.471 e. The Labute approximate surface area is 133 Å². The summed E-state index contributed by atoms with van der Waals surface area (Å²) in [5.74, 6) is 0.629. The van der Waals surface area contributed by atoms with Crippen LogP contribution in [0.1, 0.15) is 23.0 Å². The van der Waals surface area contributed by atoms with Crippen LogP contribution in [0.25, 0.3) is 11.0 Å². The second-order valence-corrected chi connectivity index (χ2v) is 5.82. The van der Waals surface area contributed by atoms with Crippen molar-refractivity contribution in [2.45, 2.75) is 20.0 Å². The molecule has 0 spiro atoms. The number of benzene rings is 1. The Kier molecular flexibility index (Phi) is 3.08. The summed E-state index contributed by atoms with van der Waals surface area (Å²) in [5.41, 5.74) is 2.52. The van der Waals surface area contributed by atoms with Crippen LogP contribution in [0.5, 0.6) is 5.88 Å². The number of aromatic nitrogens is 1. The van der Waals surface area contributed by atoms with Crippen molar-refractivity contribution in [2.24, 2.45) is 0 Å². The van der Waals surface area contributed by atoms with Crippen LogP contribution in [0.15, 0.2) is 47.0 Å². The number of carbonyl (C=O) groups excluding carboxylic acids is 1. The Hall–Kier alpha value is -2.82. The van der Waals surface area contributed by atoms with Gasteiger partial charge >= 0.3 is 0 Å². The topological polar surface area (TPSA) is 55.6 Å². The van der Waals surface area contributed by atoms with Gasteiger partial charge in [-0.2, -0.15) is 0 Å². The molecule has 23 heavy (non-hydrogen) atoms. The van der Waals surface area contributed by atoms with Crippen molar-refractivity contribution in [3.8, 4) is 5.88 Å². The predicted octanol–water partition coefficient (Wildman–Crippen LogP) is 3.56. The highest BCUT2D eigenvalue weighted by atomic mass is 16.5. The molecule has 1 atom stereocenters. The number of hydrogen-bond acceptors (Lipinski definition) is 4. The van der Waals surface area contributed by atoms with E-state index in [2.05, 4.69) is 4.98 Å². The van der Waals surface area contributed by atoms with Crippen LogP contribution >= 0.6 is 0 Å². The fourth-order valence-electron chi connectivity index (χ4n) is 2.86. The number of furan rings is 1. The molecule has 0 radical (unpaired) electrons. The summed E-state index contributed by atoms with van der Waals surface area (Å²) in [6.07, 6.45) is 1.54. The first-order chi connectivity index (χ1) is 11.1. The molecule has 1 aromatic carbocycles. The number of aryl methyl sites for hydroxylation is 1. The van der Waals surface area contributed by atoms with Crippen LogP contribution in [-0.2, 0) is 0 Å². The van der Waals surface area contributed by atoms with Crippen molar-refractivity contribution in [3.63, 3.8) is 0 Å². The maximum Gasteiger partial charge on any atom is 0.294 e. The van der Waals surface area contributed by atoms with Crippen molar-refractivity contribution in [1.82, 2.24) is 4.98 Å². The smallest absolute Gasteiger partial charge is 0.294 e. The molecule has 1 unspecified atom stereocenters. The van der Waals surface area contributed by atoms with Gasteiger partial charge in [0.05, 0.1) is 6.54 Å². The zero-order chi connectivity index (χ0) is 16.0. The number of anilines is 1. The number of hydrogen-bond donors (Lipinski definition) is 0. The highest BCUT2D eigenvalue weighted by molar-refractivity contribution is 6.07. The van der Waals surface area contributed by atoms with Gasteiger partial charge in [-0.15, -0.1) is 0 Å². The van der Waals surface area contributed by atoms with Crippen LogP contribution in [-0.4, -0.2) is 23.5 Å². The average molecular weight is 308 g/mol. The Morgan fingerprint density at radius 1 is 1.30 bits per heavy atom. The van der Waals surface area contributed by atoms with Gasteiger partial charge in [-0.3, -0.25) is 9.69 Å². The standard InChI is InChI=1S/C18H16N2O3/c1-11-5-6-15-13(8-11)9-16(23-15)18(21)20-10-12(2)22-17-14(20)4-3-7-19-17/h3-9,12H,10H2,1-2H3. The molecule has 0 bridgehead atoms. The second kappa shape index (κ2) is 5.12. The lowest BCUT2D eigenvalue weighted by Crippen LogP contribution is -2.42. The van der Waals surface area contributed by atoms with Crippen molar-refractivity contribution in [3.05, 3.63) is 53.9 Å². The SMILES string of the molecule is Cc1ccc2oc(C(=O)N3CC(C)Oc4ncccc43)cc2c1. The minimum absolute atomic E-state index is 0.118. The van der Waals surface area contributed by atoms with E-state index in [-0.39, 0.29) is 12.0 Å². The molecule has 1 aliphatic rings. The number of carbonyl (C=O) groups is 1. The molecule has 5 nitrogen and oxygen atoms in total. The molecule has 0 aliphatic carbocycles. The molecule has 3 heterocycles. The summed E-state index contributed by atoms with van der Waals surface area (Å²) in [6.45, 7) is 4.40. The Morgan fingerprint density at radius 3 is 3.04 bits per heavy atom. The fourth-order valence-corrected chi connectivity index (χ4v) is 2.86. The van der Waals surface area contributed by atoms with Gasteiger partial charge in [-0.1, -0.05) is 11.6 Å². The van der Waals surface area contributed by atoms with Crippen LogP contribution in [0.2, 0.25) is 0 Å². The molecular weight excluding hydrogens is 292 g/mol. The van der Waals surface area contributed by atoms with Gasteiger partial charge < -0.3 is 9.15 Å². The number of ether oxygens (including phenoxy) is 1. The Bertz CT molecular complexity index is 900. The zero-order valence-corrected chi connectivity index (χ0v) is 12.9. The summed E-state index contributed by atoms with van der Waals surface area (Å²) in [4.78, 5) is 18.8. The monoisotopic (exact) mass is 308 g/mol. The molecule has 2 aromatic heterocycles. The quantitative estimate of drug-likeness (QED) is 0.689. The van der Waals surface area contributed by atoms with E-state index in [0.29, 0.717) is 29.5 Å². The molecule has 0 fully saturated rings. The van der Waals surface area contributed by atoms with E-state index in [1.807, 2.05) is 38.1 Å². The van der Waals surface area contributed by atoms with Crippen molar-refractivity contribution in [1.29, 1.82) is 0 Å². The van der Waals surface area contributed by atoms with Gasteiger partial charge in [-0.05, 0) is 44.2 Å². The van der Waals surface area contributed by atoms with Crippen molar-refractivity contribution < 1.29 is 13.9 Å². The summed E-state index contributed by atoms with van der Waals surface area (Å²) in [7, 11) is 0. The fraction of sp³-hybridized carbons (Fsp3) is 0.222. The number of fused-ring (bicyclic) bond motifs is 2.